The Labute approximate surface area is 139 Å². The van der Waals surface area contributed by atoms with Gasteiger partial charge in [-0.3, -0.25) is 4.79 Å². The smallest absolute Gasteiger partial charge is 0.311 e. The van der Waals surface area contributed by atoms with E-state index >= 15 is 0 Å². The highest BCUT2D eigenvalue weighted by Gasteiger charge is 2.54. The van der Waals surface area contributed by atoms with Gasteiger partial charge in [0.2, 0.25) is 0 Å². The van der Waals surface area contributed by atoms with Crippen LogP contribution < -0.4 is 0 Å². The van der Waals surface area contributed by atoms with Crippen LogP contribution >= 0.6 is 0 Å². The predicted molar refractivity (Wildman–Crippen MR) is 90.7 cm³/mol. The number of hydrogen-bond acceptors (Lipinski definition) is 3. The summed E-state index contributed by atoms with van der Waals surface area (Å²) < 4.78 is 5.01. The van der Waals surface area contributed by atoms with Gasteiger partial charge in [-0.25, -0.2) is 0 Å². The first-order valence-electron chi connectivity index (χ1n) is 9.05. The van der Waals surface area contributed by atoms with Crippen LogP contribution in [-0.4, -0.2) is 24.3 Å². The van der Waals surface area contributed by atoms with Crippen LogP contribution in [0.15, 0.2) is 23.3 Å². The molecule has 0 amide bonds. The molecule has 3 aliphatic rings. The quantitative estimate of drug-likeness (QED) is 0.786. The fourth-order valence-corrected chi connectivity index (χ4v) is 5.30. The number of methoxy groups -OCH3 is 1. The second-order valence-corrected chi connectivity index (χ2v) is 8.17. The molecule has 1 fully saturated rings. The Kier molecular flexibility index (Phi) is 4.43. The average molecular weight is 318 g/mol. The van der Waals surface area contributed by atoms with Crippen LogP contribution in [0.3, 0.4) is 0 Å². The third-order valence-electron chi connectivity index (χ3n) is 6.77. The molecule has 0 aromatic heterocycles. The molecular formula is C20H30O3. The molecule has 3 aliphatic carbocycles. The Hall–Kier alpha value is -1.09. The number of esters is 1. The zero-order chi connectivity index (χ0) is 16.8. The summed E-state index contributed by atoms with van der Waals surface area (Å²) in [7, 11) is 1.43. The Bertz CT molecular complexity index is 545. The van der Waals surface area contributed by atoms with Gasteiger partial charge in [-0.1, -0.05) is 38.5 Å². The normalized spacial score (nSPS) is 39.9. The van der Waals surface area contributed by atoms with Gasteiger partial charge in [0.05, 0.1) is 19.1 Å². The molecule has 128 valence electrons. The lowest BCUT2D eigenvalue weighted by atomic mass is 9.50. The van der Waals surface area contributed by atoms with E-state index in [1.807, 2.05) is 0 Å². The van der Waals surface area contributed by atoms with Gasteiger partial charge in [-0.05, 0) is 60.8 Å². The molecule has 23 heavy (non-hydrogen) atoms. The van der Waals surface area contributed by atoms with Gasteiger partial charge in [0.15, 0.2) is 0 Å². The first-order chi connectivity index (χ1) is 10.9. The van der Waals surface area contributed by atoms with Crippen molar-refractivity contribution >= 4 is 5.97 Å². The van der Waals surface area contributed by atoms with E-state index in [1.165, 1.54) is 19.1 Å². The fraction of sp³-hybridized carbons (Fsp3) is 0.750. The zero-order valence-corrected chi connectivity index (χ0v) is 14.8. The van der Waals surface area contributed by atoms with Gasteiger partial charge in [0.1, 0.15) is 0 Å². The highest BCUT2D eigenvalue weighted by molar-refractivity contribution is 5.74. The zero-order valence-electron chi connectivity index (χ0n) is 14.8. The standard InChI is InChI=1S/C20H30O3/c1-12(2)13-5-7-15-14(11-13)6-8-16-18(19(22)23-4)17(21)9-10-20(15,16)3/h6,11-12,15-18,21H,5,7-10H2,1-4H3. The largest absolute Gasteiger partial charge is 0.469 e. The summed E-state index contributed by atoms with van der Waals surface area (Å²) in [6, 6.07) is 0. The highest BCUT2D eigenvalue weighted by atomic mass is 16.5. The van der Waals surface area contributed by atoms with Crippen molar-refractivity contribution in [3.8, 4) is 0 Å². The monoisotopic (exact) mass is 318 g/mol. The van der Waals surface area contributed by atoms with Crippen LogP contribution in [0.5, 0.6) is 0 Å². The highest BCUT2D eigenvalue weighted by Crippen LogP contribution is 2.58. The van der Waals surface area contributed by atoms with Crippen molar-refractivity contribution in [1.29, 1.82) is 0 Å². The number of aliphatic hydroxyl groups excluding tert-OH is 1. The van der Waals surface area contributed by atoms with Gasteiger partial charge >= 0.3 is 5.97 Å². The number of carbonyl (C=O) groups is 1. The second-order valence-electron chi connectivity index (χ2n) is 8.17. The third-order valence-corrected chi connectivity index (χ3v) is 6.77. The Morgan fingerprint density at radius 2 is 2.13 bits per heavy atom. The van der Waals surface area contributed by atoms with Gasteiger partial charge in [-0.15, -0.1) is 0 Å². The minimum atomic E-state index is -0.555. The molecule has 1 N–H and O–H groups in total. The van der Waals surface area contributed by atoms with E-state index in [1.54, 1.807) is 5.57 Å². The third kappa shape index (κ3) is 2.67. The molecule has 0 bridgehead atoms. The summed E-state index contributed by atoms with van der Waals surface area (Å²) >= 11 is 0. The van der Waals surface area contributed by atoms with Crippen molar-refractivity contribution < 1.29 is 14.6 Å². The lowest BCUT2D eigenvalue weighted by Crippen LogP contribution is -2.52. The second kappa shape index (κ2) is 6.08. The Morgan fingerprint density at radius 1 is 1.39 bits per heavy atom. The van der Waals surface area contributed by atoms with Crippen LogP contribution in [0.4, 0.5) is 0 Å². The maximum absolute atomic E-state index is 12.3. The summed E-state index contributed by atoms with van der Waals surface area (Å²) in [5, 5.41) is 10.4. The van der Waals surface area contributed by atoms with Gasteiger partial charge in [0.25, 0.3) is 0 Å². The SMILES string of the molecule is COC(=O)C1C(O)CCC2(C)C3CCC(C(C)C)=CC3=CCC12. The number of carbonyl (C=O) groups excluding carboxylic acids is 1. The summed E-state index contributed by atoms with van der Waals surface area (Å²) in [6.45, 7) is 6.87. The minimum Gasteiger partial charge on any atom is -0.469 e. The maximum atomic E-state index is 12.3. The van der Waals surface area contributed by atoms with E-state index in [4.69, 9.17) is 4.74 Å². The van der Waals surface area contributed by atoms with Crippen LogP contribution in [0.1, 0.15) is 52.9 Å². The molecule has 0 aliphatic heterocycles. The summed E-state index contributed by atoms with van der Waals surface area (Å²) in [6.07, 6.45) is 9.10. The van der Waals surface area contributed by atoms with Gasteiger partial charge < -0.3 is 9.84 Å². The number of aliphatic hydroxyl groups is 1. The molecule has 0 heterocycles. The van der Waals surface area contributed by atoms with E-state index < -0.39 is 6.10 Å². The number of rotatable bonds is 2. The lowest BCUT2D eigenvalue weighted by molar-refractivity contribution is -0.162. The Morgan fingerprint density at radius 3 is 2.78 bits per heavy atom. The van der Waals surface area contributed by atoms with Crippen molar-refractivity contribution in [1.82, 2.24) is 0 Å². The average Bonchev–Trinajstić information content (AvgIpc) is 2.54. The molecule has 0 saturated heterocycles. The van der Waals surface area contributed by atoms with Crippen LogP contribution in [0.2, 0.25) is 0 Å². The topological polar surface area (TPSA) is 46.5 Å². The van der Waals surface area contributed by atoms with Crippen molar-refractivity contribution in [2.45, 2.75) is 59.0 Å². The summed E-state index contributed by atoms with van der Waals surface area (Å²) in [4.78, 5) is 12.3. The van der Waals surface area contributed by atoms with Crippen molar-refractivity contribution in [2.24, 2.45) is 29.1 Å². The van der Waals surface area contributed by atoms with Crippen molar-refractivity contribution in [3.05, 3.63) is 23.3 Å². The maximum Gasteiger partial charge on any atom is 0.311 e. The van der Waals surface area contributed by atoms with Crippen LogP contribution in [0.25, 0.3) is 0 Å². The van der Waals surface area contributed by atoms with Crippen LogP contribution in [0, 0.1) is 29.1 Å². The molecule has 0 aromatic carbocycles. The predicted octanol–water partition coefficient (Wildman–Crippen LogP) is 3.88. The van der Waals surface area contributed by atoms with Gasteiger partial charge in [0, 0.05) is 0 Å². The number of hydrogen-bond donors (Lipinski definition) is 1. The molecule has 5 atom stereocenters. The molecule has 3 nitrogen and oxygen atoms in total. The fourth-order valence-electron chi connectivity index (χ4n) is 5.30. The molecule has 5 unspecified atom stereocenters. The number of allylic oxidation sites excluding steroid dienone is 4. The van der Waals surface area contributed by atoms with E-state index in [0.29, 0.717) is 18.3 Å². The summed E-state index contributed by atoms with van der Waals surface area (Å²) in [5.74, 6) is 0.717. The first kappa shape index (κ1) is 16.8. The molecule has 1 saturated carbocycles. The molecule has 3 rings (SSSR count). The summed E-state index contributed by atoms with van der Waals surface area (Å²) in [5.41, 5.74) is 3.12. The number of ether oxygens (including phenoxy) is 1. The lowest BCUT2D eigenvalue weighted by Gasteiger charge is -2.54. The number of fused-ring (bicyclic) bond motifs is 3. The first-order valence-corrected chi connectivity index (χ1v) is 9.05. The molecule has 0 radical (unpaired) electrons. The van der Waals surface area contributed by atoms with Crippen LogP contribution in [-0.2, 0) is 9.53 Å². The molecule has 0 spiro atoms. The Balaban J connectivity index is 1.95. The van der Waals surface area contributed by atoms with Crippen molar-refractivity contribution in [3.63, 3.8) is 0 Å². The van der Waals surface area contributed by atoms with E-state index in [0.717, 1.165) is 19.3 Å². The van der Waals surface area contributed by atoms with Gasteiger partial charge in [-0.2, -0.15) is 0 Å². The molecule has 3 heteroatoms. The molecule has 0 aromatic rings. The van der Waals surface area contributed by atoms with E-state index in [2.05, 4.69) is 32.9 Å². The minimum absolute atomic E-state index is 0.0984. The van der Waals surface area contributed by atoms with Crippen molar-refractivity contribution in [2.75, 3.05) is 7.11 Å². The van der Waals surface area contributed by atoms with E-state index in [-0.39, 0.29) is 23.2 Å². The van der Waals surface area contributed by atoms with E-state index in [9.17, 15) is 9.90 Å². The molecular weight excluding hydrogens is 288 g/mol.